The molecule has 116 valence electrons. The van der Waals surface area contributed by atoms with Gasteiger partial charge in [-0.1, -0.05) is 51.2 Å². The molecular formula is C16H30N2OS. The third kappa shape index (κ3) is 6.21. The first kappa shape index (κ1) is 17.4. The highest BCUT2D eigenvalue weighted by Crippen LogP contribution is 2.27. The van der Waals surface area contributed by atoms with E-state index in [9.17, 15) is 4.79 Å². The molecule has 0 spiro atoms. The molecule has 1 atom stereocenters. The Bertz CT molecular complexity index is 314. The molecule has 0 aliphatic heterocycles. The zero-order valence-electron chi connectivity index (χ0n) is 13.1. The minimum atomic E-state index is 0.279. The smallest absolute Gasteiger partial charge is 0.222 e. The molecule has 0 aromatic heterocycles. The van der Waals surface area contributed by atoms with E-state index in [0.717, 1.165) is 18.8 Å². The van der Waals surface area contributed by atoms with E-state index in [0.29, 0.717) is 24.4 Å². The second kappa shape index (κ2) is 9.32. The van der Waals surface area contributed by atoms with Gasteiger partial charge in [0.25, 0.3) is 0 Å². The number of amides is 1. The number of hydrogen-bond acceptors (Lipinski definition) is 2. The third-order valence-corrected chi connectivity index (χ3v) is 4.74. The molecule has 0 heterocycles. The zero-order chi connectivity index (χ0) is 15.0. The second-order valence-corrected chi connectivity index (χ2v) is 6.63. The number of nitrogens with two attached hydrogens (primary N) is 1. The number of thiocarbonyl (C=S) groups is 1. The first-order valence-corrected chi connectivity index (χ1v) is 8.53. The fourth-order valence-electron chi connectivity index (χ4n) is 2.99. The van der Waals surface area contributed by atoms with Crippen molar-refractivity contribution in [2.24, 2.45) is 11.7 Å². The molecule has 1 aliphatic rings. The van der Waals surface area contributed by atoms with E-state index in [1.807, 2.05) is 4.90 Å². The summed E-state index contributed by atoms with van der Waals surface area (Å²) in [5.74, 6) is 1.04. The van der Waals surface area contributed by atoms with E-state index >= 15 is 0 Å². The van der Waals surface area contributed by atoms with Gasteiger partial charge in [0.15, 0.2) is 0 Å². The van der Waals surface area contributed by atoms with Crippen molar-refractivity contribution in [3.63, 3.8) is 0 Å². The number of hydrogen-bond donors (Lipinski definition) is 1. The monoisotopic (exact) mass is 298 g/mol. The van der Waals surface area contributed by atoms with Gasteiger partial charge in [-0.15, -0.1) is 0 Å². The van der Waals surface area contributed by atoms with Gasteiger partial charge < -0.3 is 10.6 Å². The van der Waals surface area contributed by atoms with Crippen LogP contribution in [0.15, 0.2) is 0 Å². The van der Waals surface area contributed by atoms with E-state index in [4.69, 9.17) is 18.0 Å². The van der Waals surface area contributed by atoms with Crippen LogP contribution < -0.4 is 5.73 Å². The van der Waals surface area contributed by atoms with E-state index in [1.165, 1.54) is 32.1 Å². The summed E-state index contributed by atoms with van der Waals surface area (Å²) in [7, 11) is 0. The molecule has 0 radical (unpaired) electrons. The molecule has 0 aromatic rings. The maximum atomic E-state index is 12.4. The Hall–Kier alpha value is -0.640. The van der Waals surface area contributed by atoms with Crippen LogP contribution in [-0.2, 0) is 4.79 Å². The summed E-state index contributed by atoms with van der Waals surface area (Å²) in [6.07, 6.45) is 10.0. The fraction of sp³-hybridized carbons (Fsp3) is 0.875. The van der Waals surface area contributed by atoms with Gasteiger partial charge in [0.1, 0.15) is 0 Å². The molecule has 3 nitrogen and oxygen atoms in total. The van der Waals surface area contributed by atoms with Crippen LogP contribution in [0.25, 0.3) is 0 Å². The number of carbonyl (C=O) groups excluding carboxylic acids is 1. The Morgan fingerprint density at radius 3 is 2.50 bits per heavy atom. The highest BCUT2D eigenvalue weighted by atomic mass is 32.1. The molecule has 4 heteroatoms. The fourth-order valence-corrected chi connectivity index (χ4v) is 3.08. The van der Waals surface area contributed by atoms with Gasteiger partial charge >= 0.3 is 0 Å². The average molecular weight is 298 g/mol. The third-order valence-electron chi connectivity index (χ3n) is 4.53. The molecule has 1 amide bonds. The standard InChI is InChI=1S/C16H30N2OS/c1-3-13(2)18(12-11-15(17)20)16(19)10-9-14-7-5-4-6-8-14/h13-14H,3-12H2,1-2H3,(H2,17,20). The van der Waals surface area contributed by atoms with Crippen molar-refractivity contribution in [2.45, 2.75) is 77.7 Å². The molecule has 1 fully saturated rings. The van der Waals surface area contributed by atoms with Crippen LogP contribution in [-0.4, -0.2) is 28.4 Å². The van der Waals surface area contributed by atoms with Gasteiger partial charge in [0.2, 0.25) is 5.91 Å². The molecule has 20 heavy (non-hydrogen) atoms. The Balaban J connectivity index is 2.42. The largest absolute Gasteiger partial charge is 0.393 e. The van der Waals surface area contributed by atoms with Gasteiger partial charge in [-0.2, -0.15) is 0 Å². The van der Waals surface area contributed by atoms with Crippen molar-refractivity contribution < 1.29 is 4.79 Å². The summed E-state index contributed by atoms with van der Waals surface area (Å²) in [5, 5.41) is 0. The van der Waals surface area contributed by atoms with Crippen LogP contribution in [0.4, 0.5) is 0 Å². The molecule has 2 N–H and O–H groups in total. The lowest BCUT2D eigenvalue weighted by Gasteiger charge is -2.30. The molecule has 0 saturated heterocycles. The van der Waals surface area contributed by atoms with Crippen molar-refractivity contribution in [1.29, 1.82) is 0 Å². The van der Waals surface area contributed by atoms with Gasteiger partial charge in [-0.3, -0.25) is 4.79 Å². The normalized spacial score (nSPS) is 17.7. The summed E-state index contributed by atoms with van der Waals surface area (Å²) in [5.41, 5.74) is 5.57. The van der Waals surface area contributed by atoms with Crippen molar-refractivity contribution >= 4 is 23.1 Å². The minimum absolute atomic E-state index is 0.279. The predicted octanol–water partition coefficient (Wildman–Crippen LogP) is 3.65. The SMILES string of the molecule is CCC(C)N(CCC(N)=S)C(=O)CCC1CCCCC1. The number of rotatable bonds is 8. The van der Waals surface area contributed by atoms with Crippen LogP contribution in [0.2, 0.25) is 0 Å². The van der Waals surface area contributed by atoms with Crippen LogP contribution >= 0.6 is 12.2 Å². The van der Waals surface area contributed by atoms with Crippen molar-refractivity contribution in [2.75, 3.05) is 6.54 Å². The molecule has 1 saturated carbocycles. The lowest BCUT2D eigenvalue weighted by molar-refractivity contribution is -0.133. The molecular weight excluding hydrogens is 268 g/mol. The first-order chi connectivity index (χ1) is 9.54. The first-order valence-electron chi connectivity index (χ1n) is 8.12. The van der Waals surface area contributed by atoms with E-state index in [1.54, 1.807) is 0 Å². The van der Waals surface area contributed by atoms with Gasteiger partial charge in [0.05, 0.1) is 4.99 Å². The molecule has 0 bridgehead atoms. The number of nitrogens with zero attached hydrogens (tertiary/aromatic N) is 1. The molecule has 1 unspecified atom stereocenters. The zero-order valence-corrected chi connectivity index (χ0v) is 13.9. The van der Waals surface area contributed by atoms with Gasteiger partial charge in [-0.25, -0.2) is 0 Å². The maximum Gasteiger partial charge on any atom is 0.222 e. The Morgan fingerprint density at radius 1 is 1.30 bits per heavy atom. The topological polar surface area (TPSA) is 46.3 Å². The number of carbonyl (C=O) groups is 1. The van der Waals surface area contributed by atoms with Crippen molar-refractivity contribution in [3.8, 4) is 0 Å². The van der Waals surface area contributed by atoms with Crippen LogP contribution in [0.3, 0.4) is 0 Å². The molecule has 1 rings (SSSR count). The lowest BCUT2D eigenvalue weighted by Crippen LogP contribution is -2.40. The average Bonchev–Trinajstić information content (AvgIpc) is 2.45. The quantitative estimate of drug-likeness (QED) is 0.696. The summed E-state index contributed by atoms with van der Waals surface area (Å²) >= 11 is 4.93. The Kier molecular flexibility index (Phi) is 8.12. The lowest BCUT2D eigenvalue weighted by atomic mass is 9.86. The van der Waals surface area contributed by atoms with Crippen LogP contribution in [0, 0.1) is 5.92 Å². The summed E-state index contributed by atoms with van der Waals surface area (Å²) in [4.78, 5) is 14.9. The summed E-state index contributed by atoms with van der Waals surface area (Å²) in [6.45, 7) is 4.90. The Morgan fingerprint density at radius 2 is 1.95 bits per heavy atom. The van der Waals surface area contributed by atoms with E-state index in [2.05, 4.69) is 13.8 Å². The van der Waals surface area contributed by atoms with Gasteiger partial charge in [-0.05, 0) is 25.7 Å². The molecule has 1 aliphatic carbocycles. The van der Waals surface area contributed by atoms with E-state index < -0.39 is 0 Å². The van der Waals surface area contributed by atoms with Crippen LogP contribution in [0.5, 0.6) is 0 Å². The van der Waals surface area contributed by atoms with Crippen molar-refractivity contribution in [1.82, 2.24) is 4.90 Å². The second-order valence-electron chi connectivity index (χ2n) is 6.10. The highest BCUT2D eigenvalue weighted by molar-refractivity contribution is 7.80. The summed E-state index contributed by atoms with van der Waals surface area (Å²) in [6, 6.07) is 0.281. The highest BCUT2D eigenvalue weighted by Gasteiger charge is 2.21. The minimum Gasteiger partial charge on any atom is -0.393 e. The molecule has 0 aromatic carbocycles. The summed E-state index contributed by atoms with van der Waals surface area (Å²) < 4.78 is 0. The maximum absolute atomic E-state index is 12.4. The Labute approximate surface area is 129 Å². The van der Waals surface area contributed by atoms with Crippen molar-refractivity contribution in [3.05, 3.63) is 0 Å². The van der Waals surface area contributed by atoms with Gasteiger partial charge in [0, 0.05) is 25.4 Å². The van der Waals surface area contributed by atoms with E-state index in [-0.39, 0.29) is 11.9 Å². The van der Waals surface area contributed by atoms with Crippen LogP contribution in [0.1, 0.15) is 71.6 Å². The predicted molar refractivity (Wildman–Crippen MR) is 88.7 cm³/mol.